The molecule has 0 saturated heterocycles. The molecule has 1 aromatic heterocycles. The van der Waals surface area contributed by atoms with Gasteiger partial charge in [-0.15, -0.1) is 0 Å². The summed E-state index contributed by atoms with van der Waals surface area (Å²) in [6.45, 7) is 0. The maximum Gasteiger partial charge on any atom is 0.414 e. The maximum atomic E-state index is 13.2. The number of amides is 1. The van der Waals surface area contributed by atoms with E-state index in [1.165, 1.54) is 44.6 Å². The van der Waals surface area contributed by atoms with Crippen LogP contribution in [0.15, 0.2) is 45.8 Å². The van der Waals surface area contributed by atoms with Crippen LogP contribution in [0.5, 0.6) is 23.0 Å². The number of methoxy groups -OCH3 is 3. The minimum Gasteiger partial charge on any atom is -0.496 e. The number of carbonyl (C=O) groups is 1. The third-order valence-electron chi connectivity index (χ3n) is 4.30. The molecule has 8 nitrogen and oxygen atoms in total. The van der Waals surface area contributed by atoms with Crippen LogP contribution >= 0.6 is 0 Å². The number of nitrogens with zero attached hydrogens (tertiary/aromatic N) is 1. The van der Waals surface area contributed by atoms with Gasteiger partial charge in [-0.25, -0.2) is 4.79 Å². The molecular weight excluding hydrogens is 378 g/mol. The molecule has 0 N–H and O–H groups in total. The highest BCUT2D eigenvalue weighted by Gasteiger charge is 2.18. The van der Waals surface area contributed by atoms with E-state index < -0.39 is 6.09 Å². The maximum absolute atomic E-state index is 13.2. The topological polar surface area (TPSA) is 87.4 Å². The molecule has 0 atom stereocenters. The van der Waals surface area contributed by atoms with Crippen molar-refractivity contribution < 1.29 is 28.2 Å². The zero-order chi connectivity index (χ0) is 21.1. The highest BCUT2D eigenvalue weighted by Crippen LogP contribution is 2.34. The van der Waals surface area contributed by atoms with E-state index in [2.05, 4.69) is 0 Å². The van der Waals surface area contributed by atoms with Crippen molar-refractivity contribution in [3.63, 3.8) is 0 Å². The summed E-state index contributed by atoms with van der Waals surface area (Å²) >= 11 is 0. The number of rotatable bonds is 5. The Morgan fingerprint density at radius 2 is 1.62 bits per heavy atom. The van der Waals surface area contributed by atoms with E-state index in [0.29, 0.717) is 22.6 Å². The van der Waals surface area contributed by atoms with Crippen LogP contribution in [0, 0.1) is 0 Å². The van der Waals surface area contributed by atoms with Crippen LogP contribution in [0.4, 0.5) is 4.79 Å². The van der Waals surface area contributed by atoms with Gasteiger partial charge in [0.2, 0.25) is 5.43 Å². The number of hydrogen-bond acceptors (Lipinski definition) is 7. The molecule has 0 aliphatic heterocycles. The Morgan fingerprint density at radius 1 is 0.931 bits per heavy atom. The van der Waals surface area contributed by atoms with Crippen LogP contribution < -0.4 is 24.4 Å². The summed E-state index contributed by atoms with van der Waals surface area (Å²) < 4.78 is 26.8. The normalized spacial score (nSPS) is 10.5. The van der Waals surface area contributed by atoms with Crippen LogP contribution in [0.25, 0.3) is 22.1 Å². The van der Waals surface area contributed by atoms with Gasteiger partial charge in [-0.05, 0) is 17.7 Å². The third-order valence-corrected chi connectivity index (χ3v) is 4.30. The molecule has 0 aliphatic carbocycles. The van der Waals surface area contributed by atoms with Gasteiger partial charge in [0.25, 0.3) is 0 Å². The lowest BCUT2D eigenvalue weighted by Crippen LogP contribution is -2.25. The number of fused-ring (bicyclic) bond motifs is 1. The van der Waals surface area contributed by atoms with Crippen molar-refractivity contribution in [3.8, 4) is 34.1 Å². The molecule has 29 heavy (non-hydrogen) atoms. The van der Waals surface area contributed by atoms with Crippen molar-refractivity contribution in [3.05, 3.63) is 46.8 Å². The second-order valence-electron chi connectivity index (χ2n) is 6.31. The van der Waals surface area contributed by atoms with E-state index in [1.807, 2.05) is 0 Å². The molecule has 3 rings (SSSR count). The molecular formula is C21H21NO7. The number of carbonyl (C=O) groups excluding carboxylic acids is 1. The van der Waals surface area contributed by atoms with Gasteiger partial charge in [0.05, 0.1) is 26.9 Å². The lowest BCUT2D eigenvalue weighted by atomic mass is 10.0. The second kappa shape index (κ2) is 8.14. The molecule has 1 heterocycles. The summed E-state index contributed by atoms with van der Waals surface area (Å²) in [4.78, 5) is 26.3. The molecule has 2 aromatic carbocycles. The molecule has 0 aliphatic rings. The Labute approximate surface area is 167 Å². The lowest BCUT2D eigenvalue weighted by molar-refractivity contribution is 0.172. The van der Waals surface area contributed by atoms with Crippen LogP contribution in [0.3, 0.4) is 0 Å². The highest BCUT2D eigenvalue weighted by molar-refractivity contribution is 5.89. The Bertz CT molecular complexity index is 1120. The van der Waals surface area contributed by atoms with Gasteiger partial charge in [-0.2, -0.15) is 0 Å². The zero-order valence-electron chi connectivity index (χ0n) is 16.8. The molecule has 0 spiro atoms. The van der Waals surface area contributed by atoms with E-state index >= 15 is 0 Å². The molecule has 0 saturated carbocycles. The van der Waals surface area contributed by atoms with Gasteiger partial charge in [-0.3, -0.25) is 4.79 Å². The molecule has 8 heteroatoms. The third kappa shape index (κ3) is 3.82. The summed E-state index contributed by atoms with van der Waals surface area (Å²) in [5.74, 6) is 1.48. The summed E-state index contributed by atoms with van der Waals surface area (Å²) in [6, 6.07) is 8.08. The quantitative estimate of drug-likeness (QED) is 0.648. The fraction of sp³-hybridized carbons (Fsp3) is 0.238. The van der Waals surface area contributed by atoms with Crippen LogP contribution in [-0.4, -0.2) is 46.4 Å². The van der Waals surface area contributed by atoms with Crippen LogP contribution in [0.1, 0.15) is 0 Å². The Hall–Kier alpha value is -3.68. The second-order valence-corrected chi connectivity index (χ2v) is 6.31. The van der Waals surface area contributed by atoms with Gasteiger partial charge >= 0.3 is 6.09 Å². The molecule has 0 fully saturated rings. The minimum absolute atomic E-state index is 0.204. The van der Waals surface area contributed by atoms with Crippen molar-refractivity contribution in [2.24, 2.45) is 0 Å². The van der Waals surface area contributed by atoms with Gasteiger partial charge in [0.15, 0.2) is 11.5 Å². The Kier molecular flexibility index (Phi) is 5.63. The average molecular weight is 399 g/mol. The first-order chi connectivity index (χ1) is 13.9. The van der Waals surface area contributed by atoms with Crippen molar-refractivity contribution in [2.75, 3.05) is 35.4 Å². The van der Waals surface area contributed by atoms with E-state index in [0.717, 1.165) is 0 Å². The first-order valence-corrected chi connectivity index (χ1v) is 8.64. The molecule has 0 bridgehead atoms. The van der Waals surface area contributed by atoms with Gasteiger partial charge < -0.3 is 28.3 Å². The monoisotopic (exact) mass is 399 g/mol. The van der Waals surface area contributed by atoms with E-state index in [4.69, 9.17) is 23.4 Å². The fourth-order valence-corrected chi connectivity index (χ4v) is 2.81. The average Bonchev–Trinajstić information content (AvgIpc) is 2.72. The lowest BCUT2D eigenvalue weighted by Gasteiger charge is -2.13. The number of hydrogen-bond donors (Lipinski definition) is 0. The van der Waals surface area contributed by atoms with E-state index in [-0.39, 0.29) is 27.9 Å². The first kappa shape index (κ1) is 20.1. The fourth-order valence-electron chi connectivity index (χ4n) is 2.81. The highest BCUT2D eigenvalue weighted by atomic mass is 16.6. The molecule has 3 aromatic rings. The SMILES string of the molecule is COc1ccc(-c2coc3cc(OC(=O)N(C)C)cc(OC)c3c2=O)cc1OC. The Balaban J connectivity index is 2.15. The smallest absolute Gasteiger partial charge is 0.414 e. The summed E-state index contributed by atoms with van der Waals surface area (Å²) in [5, 5.41) is 0.240. The van der Waals surface area contributed by atoms with E-state index in [9.17, 15) is 9.59 Å². The van der Waals surface area contributed by atoms with Crippen molar-refractivity contribution in [1.29, 1.82) is 0 Å². The first-order valence-electron chi connectivity index (χ1n) is 8.64. The van der Waals surface area contributed by atoms with Gasteiger partial charge in [0, 0.05) is 26.2 Å². The largest absolute Gasteiger partial charge is 0.496 e. The van der Waals surface area contributed by atoms with Gasteiger partial charge in [-0.1, -0.05) is 6.07 Å². The van der Waals surface area contributed by atoms with Crippen molar-refractivity contribution >= 4 is 17.1 Å². The molecule has 1 amide bonds. The number of benzene rings is 2. The van der Waals surface area contributed by atoms with Crippen molar-refractivity contribution in [1.82, 2.24) is 4.90 Å². The van der Waals surface area contributed by atoms with Crippen LogP contribution in [-0.2, 0) is 0 Å². The minimum atomic E-state index is -0.560. The molecule has 152 valence electrons. The molecule has 0 unspecified atom stereocenters. The van der Waals surface area contributed by atoms with Crippen molar-refractivity contribution in [2.45, 2.75) is 0 Å². The summed E-state index contributed by atoms with van der Waals surface area (Å²) in [6.07, 6.45) is 0.791. The van der Waals surface area contributed by atoms with E-state index in [1.54, 1.807) is 32.3 Å². The molecule has 0 radical (unpaired) electrons. The Morgan fingerprint density at radius 3 is 2.24 bits per heavy atom. The number of ether oxygens (including phenoxy) is 4. The zero-order valence-corrected chi connectivity index (χ0v) is 16.8. The van der Waals surface area contributed by atoms with Crippen LogP contribution in [0.2, 0.25) is 0 Å². The predicted molar refractivity (Wildman–Crippen MR) is 107 cm³/mol. The standard InChI is InChI=1S/C21H21NO7/c1-22(2)21(24)29-13-9-17(27-5)19-18(10-13)28-11-14(20(19)23)12-6-7-15(25-3)16(8-12)26-4/h6-11H,1-5H3. The summed E-state index contributed by atoms with van der Waals surface area (Å²) in [7, 11) is 7.61. The predicted octanol–water partition coefficient (Wildman–Crippen LogP) is 3.55. The summed E-state index contributed by atoms with van der Waals surface area (Å²) in [5.41, 5.74) is 0.874. The van der Waals surface area contributed by atoms with Gasteiger partial charge in [0.1, 0.15) is 28.7 Å².